The van der Waals surface area contributed by atoms with E-state index in [-0.39, 0.29) is 0 Å². The van der Waals surface area contributed by atoms with E-state index in [4.69, 9.17) is 29.2 Å². The fourth-order valence-electron chi connectivity index (χ4n) is 0. The molecule has 1 atom stereocenters. The molecular weight excluding hydrogens is 196 g/mol. The summed E-state index contributed by atoms with van der Waals surface area (Å²) in [4.78, 5) is 0. The van der Waals surface area contributed by atoms with Crippen LogP contribution in [0.4, 0.5) is 0 Å². The zero-order valence-corrected chi connectivity index (χ0v) is 5.88. The summed E-state index contributed by atoms with van der Waals surface area (Å²) >= 11 is -8.11. The summed E-state index contributed by atoms with van der Waals surface area (Å²) < 4.78 is 56.0. The van der Waals surface area contributed by atoms with Crippen LogP contribution >= 0.6 is 0 Å². The average molecular weight is 199 g/mol. The Bertz CT molecular complexity index is 151. The molecule has 0 spiro atoms. The van der Waals surface area contributed by atoms with Crippen molar-refractivity contribution in [2.75, 3.05) is 0 Å². The second-order valence-corrected chi connectivity index (χ2v) is 2.50. The van der Waals surface area contributed by atoms with Crippen molar-refractivity contribution in [3.63, 3.8) is 0 Å². The molecule has 0 aromatic heterocycles. The van der Waals surface area contributed by atoms with Crippen LogP contribution in [0.15, 0.2) is 0 Å². The van der Waals surface area contributed by atoms with Crippen LogP contribution in [0.2, 0.25) is 0 Å². The van der Waals surface area contributed by atoms with Gasteiger partial charge in [0.25, 0.3) is 0 Å². The molecule has 1 unspecified atom stereocenters. The fraction of sp³-hybridized carbons (Fsp3) is 0. The first-order chi connectivity index (χ1) is 3.73. The molecule has 3 N–H and O–H groups in total. The SMILES string of the molecule is O=S([O-])O.[O]=[Cr](=[O])([OH])[OH]. The van der Waals surface area contributed by atoms with Crippen molar-refractivity contribution in [3.05, 3.63) is 0 Å². The van der Waals surface area contributed by atoms with Crippen molar-refractivity contribution < 1.29 is 42.9 Å². The Labute approximate surface area is 54.8 Å². The third-order valence-electron chi connectivity index (χ3n) is 0. The van der Waals surface area contributed by atoms with Gasteiger partial charge < -0.3 is 9.11 Å². The Morgan fingerprint density at radius 2 is 1.33 bits per heavy atom. The van der Waals surface area contributed by atoms with E-state index < -0.39 is 25.0 Å². The van der Waals surface area contributed by atoms with E-state index in [1.54, 1.807) is 0 Å². The molecule has 0 aliphatic heterocycles. The molecule has 0 aliphatic rings. The Balaban J connectivity index is 0. The predicted molar refractivity (Wildman–Crippen MR) is 17.4 cm³/mol. The molecule has 9 heteroatoms. The van der Waals surface area contributed by atoms with Crippen molar-refractivity contribution in [3.8, 4) is 0 Å². The molecule has 0 amide bonds. The van der Waals surface area contributed by atoms with E-state index in [1.165, 1.54) is 0 Å². The first kappa shape index (κ1) is 11.9. The van der Waals surface area contributed by atoms with Gasteiger partial charge in [0, 0.05) is 0 Å². The van der Waals surface area contributed by atoms with Crippen LogP contribution in [0.1, 0.15) is 0 Å². The molecule has 0 aromatic carbocycles. The summed E-state index contributed by atoms with van der Waals surface area (Å²) in [6, 6.07) is 0. The first-order valence-electron chi connectivity index (χ1n) is 1.21. The fourth-order valence-corrected chi connectivity index (χ4v) is 0. The maximum atomic E-state index is 8.82. The Morgan fingerprint density at radius 1 is 1.33 bits per heavy atom. The van der Waals surface area contributed by atoms with Crippen LogP contribution in [0.3, 0.4) is 0 Å². The van der Waals surface area contributed by atoms with E-state index in [0.717, 1.165) is 0 Å². The normalized spacial score (nSPS) is 13.3. The van der Waals surface area contributed by atoms with Gasteiger partial charge in [-0.2, -0.15) is 0 Å². The molecule has 9 heavy (non-hydrogen) atoms. The standard InChI is InChI=1S/Cr.H2O3S.2H2O.2O/c;1-4(2)3;;;;/h;(H2,1,2,3);2*1H2;;/q+2;;;;;/p-3. The summed E-state index contributed by atoms with van der Waals surface area (Å²) in [6.07, 6.45) is 0. The van der Waals surface area contributed by atoms with Gasteiger partial charge in [-0.05, 0) is 0 Å². The van der Waals surface area contributed by atoms with Crippen LogP contribution in [0, 0.1) is 0 Å². The Morgan fingerprint density at radius 3 is 1.33 bits per heavy atom. The van der Waals surface area contributed by atoms with Gasteiger partial charge in [0.2, 0.25) is 0 Å². The summed E-state index contributed by atoms with van der Waals surface area (Å²) in [5.74, 6) is 0. The third-order valence-corrected chi connectivity index (χ3v) is 0. The van der Waals surface area contributed by atoms with Gasteiger partial charge in [-0.15, -0.1) is 0 Å². The second kappa shape index (κ2) is 4.95. The number of hydrogen-bond acceptors (Lipinski definition) is 4. The predicted octanol–water partition coefficient (Wildman–Crippen LogP) is -2.02. The monoisotopic (exact) mass is 199 g/mol. The minimum atomic E-state index is -5.25. The third kappa shape index (κ3) is 20300. The van der Waals surface area contributed by atoms with Crippen molar-refractivity contribution in [2.45, 2.75) is 0 Å². The molecule has 0 saturated carbocycles. The van der Waals surface area contributed by atoms with Gasteiger partial charge in [-0.3, -0.25) is 0 Å². The average Bonchev–Trinajstić information content (AvgIpc) is 1.19. The quantitative estimate of drug-likeness (QED) is 0.383. The van der Waals surface area contributed by atoms with Gasteiger partial charge in [0.1, 0.15) is 0 Å². The summed E-state index contributed by atoms with van der Waals surface area (Å²) in [7, 11) is 0. The van der Waals surface area contributed by atoms with Gasteiger partial charge >= 0.3 is 29.5 Å². The van der Waals surface area contributed by atoms with E-state index in [0.29, 0.717) is 0 Å². The van der Waals surface area contributed by atoms with Crippen LogP contribution in [-0.2, 0) is 32.6 Å². The molecule has 0 radical (unpaired) electrons. The van der Waals surface area contributed by atoms with Crippen LogP contribution in [0.5, 0.6) is 0 Å². The molecular formula is H3CrO7S-. The second-order valence-electron chi connectivity index (χ2n) is 0.665. The molecule has 58 valence electrons. The molecule has 0 fully saturated rings. The summed E-state index contributed by atoms with van der Waals surface area (Å²) in [6.45, 7) is 0. The van der Waals surface area contributed by atoms with Crippen molar-refractivity contribution in [1.82, 2.24) is 0 Å². The number of rotatable bonds is 0. The topological polar surface area (TPSA) is 135 Å². The van der Waals surface area contributed by atoms with Crippen LogP contribution < -0.4 is 0 Å². The molecule has 7 nitrogen and oxygen atoms in total. The zero-order chi connectivity index (χ0) is 8.08. The van der Waals surface area contributed by atoms with Crippen molar-refractivity contribution in [1.29, 1.82) is 0 Å². The van der Waals surface area contributed by atoms with E-state index in [9.17, 15) is 0 Å². The summed E-state index contributed by atoms with van der Waals surface area (Å²) in [5, 5.41) is 0. The van der Waals surface area contributed by atoms with Crippen molar-refractivity contribution >= 4 is 11.4 Å². The summed E-state index contributed by atoms with van der Waals surface area (Å²) in [5.41, 5.74) is 0. The van der Waals surface area contributed by atoms with Crippen LogP contribution in [-0.4, -0.2) is 21.6 Å². The maximum absolute atomic E-state index is 8.82. The van der Waals surface area contributed by atoms with Crippen LogP contribution in [0.25, 0.3) is 0 Å². The Kier molecular flexibility index (Phi) is 6.53. The van der Waals surface area contributed by atoms with Gasteiger partial charge in [-0.1, -0.05) is 0 Å². The molecule has 0 aliphatic carbocycles. The van der Waals surface area contributed by atoms with Gasteiger partial charge in [0.15, 0.2) is 0 Å². The molecule has 0 rings (SSSR count). The Hall–Kier alpha value is 0.122. The minimum absolute atomic E-state index is 2.86. The zero-order valence-electron chi connectivity index (χ0n) is 3.79. The van der Waals surface area contributed by atoms with Crippen molar-refractivity contribution in [2.24, 2.45) is 0 Å². The first-order valence-corrected chi connectivity index (χ1v) is 4.43. The van der Waals surface area contributed by atoms with Gasteiger partial charge in [0.05, 0.1) is 11.4 Å². The van der Waals surface area contributed by atoms with E-state index in [1.807, 2.05) is 0 Å². The molecule has 0 aromatic rings. The van der Waals surface area contributed by atoms with Gasteiger partial charge in [-0.25, -0.2) is 4.21 Å². The van der Waals surface area contributed by atoms with E-state index in [2.05, 4.69) is 0 Å². The van der Waals surface area contributed by atoms with E-state index >= 15 is 0 Å². The molecule has 0 saturated heterocycles. The number of hydrogen-bond donors (Lipinski definition) is 3. The molecule has 0 bridgehead atoms. The molecule has 0 heterocycles.